The predicted molar refractivity (Wildman–Crippen MR) is 84.5 cm³/mol. The van der Waals surface area contributed by atoms with Gasteiger partial charge in [0.05, 0.1) is 13.2 Å². The first kappa shape index (κ1) is 17.2. The zero-order valence-corrected chi connectivity index (χ0v) is 13.8. The fraction of sp³-hybridized carbons (Fsp3) is 0.875. The maximum Gasteiger partial charge on any atom is 0.242 e. The van der Waals surface area contributed by atoms with Crippen LogP contribution in [-0.4, -0.2) is 61.1 Å². The molecule has 1 aliphatic heterocycles. The molecule has 126 valence electrons. The van der Waals surface area contributed by atoms with Gasteiger partial charge in [-0.05, 0) is 19.8 Å². The van der Waals surface area contributed by atoms with E-state index in [1.165, 1.54) is 26.2 Å². The van der Waals surface area contributed by atoms with Gasteiger partial charge in [-0.1, -0.05) is 19.3 Å². The number of morpholine rings is 1. The Morgan fingerprint density at radius 3 is 2.41 bits per heavy atom. The van der Waals surface area contributed by atoms with Crippen LogP contribution in [0.2, 0.25) is 0 Å². The zero-order valence-electron chi connectivity index (χ0n) is 13.8. The number of rotatable bonds is 5. The van der Waals surface area contributed by atoms with Crippen LogP contribution in [0.3, 0.4) is 0 Å². The van der Waals surface area contributed by atoms with Gasteiger partial charge in [-0.3, -0.25) is 14.5 Å². The van der Waals surface area contributed by atoms with Crippen molar-refractivity contribution in [3.8, 4) is 0 Å². The minimum Gasteiger partial charge on any atom is -0.379 e. The highest BCUT2D eigenvalue weighted by Gasteiger charge is 2.39. The third kappa shape index (κ3) is 4.43. The Bertz CT molecular complexity index is 388. The summed E-state index contributed by atoms with van der Waals surface area (Å²) in [5, 5.41) is 5.70. The van der Waals surface area contributed by atoms with Crippen molar-refractivity contribution < 1.29 is 14.3 Å². The summed E-state index contributed by atoms with van der Waals surface area (Å²) >= 11 is 0. The molecule has 0 aromatic heterocycles. The van der Waals surface area contributed by atoms with Crippen LogP contribution in [-0.2, 0) is 14.3 Å². The first-order chi connectivity index (χ1) is 10.5. The fourth-order valence-corrected chi connectivity index (χ4v) is 3.63. The molecule has 1 unspecified atom stereocenters. The van der Waals surface area contributed by atoms with Crippen molar-refractivity contribution in [1.82, 2.24) is 15.5 Å². The molecular weight excluding hydrogens is 282 g/mol. The van der Waals surface area contributed by atoms with E-state index in [-0.39, 0.29) is 17.4 Å². The summed E-state index contributed by atoms with van der Waals surface area (Å²) in [5.41, 5.74) is 0.0631. The Hall–Kier alpha value is -1.14. The van der Waals surface area contributed by atoms with Crippen molar-refractivity contribution in [2.24, 2.45) is 0 Å². The molecule has 0 aromatic rings. The van der Waals surface area contributed by atoms with Crippen molar-refractivity contribution in [3.63, 3.8) is 0 Å². The van der Waals surface area contributed by atoms with Crippen LogP contribution >= 0.6 is 0 Å². The molecule has 2 fully saturated rings. The highest BCUT2D eigenvalue weighted by molar-refractivity contribution is 5.86. The van der Waals surface area contributed by atoms with Gasteiger partial charge in [0.25, 0.3) is 0 Å². The van der Waals surface area contributed by atoms with Crippen LogP contribution in [0.5, 0.6) is 0 Å². The summed E-state index contributed by atoms with van der Waals surface area (Å²) < 4.78 is 5.47. The number of hydrogen-bond acceptors (Lipinski definition) is 4. The normalized spacial score (nSPS) is 23.5. The second-order valence-electron chi connectivity index (χ2n) is 6.52. The van der Waals surface area contributed by atoms with Crippen molar-refractivity contribution in [1.29, 1.82) is 0 Å². The summed E-state index contributed by atoms with van der Waals surface area (Å²) in [5.74, 6) is -0.281. The van der Waals surface area contributed by atoms with Gasteiger partial charge < -0.3 is 15.4 Å². The van der Waals surface area contributed by atoms with E-state index in [0.29, 0.717) is 6.54 Å². The molecule has 1 saturated carbocycles. The lowest BCUT2D eigenvalue weighted by atomic mass is 9.79. The molecule has 0 aromatic carbocycles. The van der Waals surface area contributed by atoms with Crippen LogP contribution < -0.4 is 10.6 Å². The quantitative estimate of drug-likeness (QED) is 0.782. The van der Waals surface area contributed by atoms with Gasteiger partial charge in [-0.2, -0.15) is 0 Å². The number of nitrogens with one attached hydrogen (secondary N) is 2. The van der Waals surface area contributed by atoms with E-state index >= 15 is 0 Å². The van der Waals surface area contributed by atoms with Crippen LogP contribution in [0.25, 0.3) is 0 Å². The topological polar surface area (TPSA) is 70.7 Å². The molecule has 0 radical (unpaired) electrons. The molecule has 2 N–H and O–H groups in total. The summed E-state index contributed by atoms with van der Waals surface area (Å²) in [7, 11) is 0. The van der Waals surface area contributed by atoms with Gasteiger partial charge >= 0.3 is 0 Å². The number of carbonyl (C=O) groups excluding carboxylic acids is 2. The maximum absolute atomic E-state index is 12.2. The zero-order chi connectivity index (χ0) is 16.0. The van der Waals surface area contributed by atoms with Gasteiger partial charge in [-0.25, -0.2) is 0 Å². The number of nitrogens with zero attached hydrogens (tertiary/aromatic N) is 1. The Morgan fingerprint density at radius 2 is 1.82 bits per heavy atom. The highest BCUT2D eigenvalue weighted by atomic mass is 16.5. The largest absolute Gasteiger partial charge is 0.379 e. The van der Waals surface area contributed by atoms with Gasteiger partial charge in [0, 0.05) is 32.1 Å². The SMILES string of the molecule is CC(=O)NC(C)C(=O)NCC1(N2CCOCC2)CCCCC1. The third-order valence-corrected chi connectivity index (χ3v) is 4.87. The van der Waals surface area contributed by atoms with Gasteiger partial charge in [0.2, 0.25) is 11.8 Å². The molecule has 1 aliphatic carbocycles. The van der Waals surface area contributed by atoms with Crippen LogP contribution in [0.15, 0.2) is 0 Å². The molecule has 6 nitrogen and oxygen atoms in total. The molecule has 2 rings (SSSR count). The maximum atomic E-state index is 12.2. The monoisotopic (exact) mass is 311 g/mol. The fourth-order valence-electron chi connectivity index (χ4n) is 3.63. The van der Waals surface area contributed by atoms with Crippen molar-refractivity contribution in [3.05, 3.63) is 0 Å². The summed E-state index contributed by atoms with van der Waals surface area (Å²) in [6.07, 6.45) is 5.97. The molecule has 1 atom stereocenters. The summed E-state index contributed by atoms with van der Waals surface area (Å²) in [4.78, 5) is 25.7. The molecule has 2 amide bonds. The van der Waals surface area contributed by atoms with E-state index in [1.807, 2.05) is 0 Å². The number of ether oxygens (including phenoxy) is 1. The van der Waals surface area contributed by atoms with E-state index in [4.69, 9.17) is 4.74 Å². The lowest BCUT2D eigenvalue weighted by Gasteiger charge is -2.48. The van der Waals surface area contributed by atoms with Crippen molar-refractivity contribution in [2.75, 3.05) is 32.8 Å². The minimum atomic E-state index is -0.483. The van der Waals surface area contributed by atoms with Gasteiger partial charge in [-0.15, -0.1) is 0 Å². The molecule has 1 heterocycles. The summed E-state index contributed by atoms with van der Waals surface area (Å²) in [6.45, 7) is 7.25. The average Bonchev–Trinajstić information content (AvgIpc) is 2.53. The van der Waals surface area contributed by atoms with Crippen LogP contribution in [0.1, 0.15) is 46.0 Å². The Kier molecular flexibility index (Phi) is 6.20. The molecule has 1 saturated heterocycles. The standard InChI is InChI=1S/C16H29N3O3/c1-13(18-14(2)20)15(21)17-12-16(6-4-3-5-7-16)19-8-10-22-11-9-19/h13H,3-12H2,1-2H3,(H,17,21)(H,18,20). The van der Waals surface area contributed by atoms with E-state index in [1.54, 1.807) is 6.92 Å². The first-order valence-corrected chi connectivity index (χ1v) is 8.41. The second-order valence-corrected chi connectivity index (χ2v) is 6.52. The average molecular weight is 311 g/mol. The Balaban J connectivity index is 1.94. The predicted octanol–water partition coefficient (Wildman–Crippen LogP) is 0.662. The lowest BCUT2D eigenvalue weighted by molar-refractivity contribution is -0.128. The molecule has 22 heavy (non-hydrogen) atoms. The first-order valence-electron chi connectivity index (χ1n) is 8.41. The van der Waals surface area contributed by atoms with E-state index in [0.717, 1.165) is 39.1 Å². The Morgan fingerprint density at radius 1 is 1.18 bits per heavy atom. The minimum absolute atomic E-state index is 0.0631. The summed E-state index contributed by atoms with van der Waals surface area (Å²) in [6, 6.07) is -0.483. The number of hydrogen-bond donors (Lipinski definition) is 2. The van der Waals surface area contributed by atoms with Crippen LogP contribution in [0.4, 0.5) is 0 Å². The number of amides is 2. The molecule has 0 spiro atoms. The van der Waals surface area contributed by atoms with Crippen molar-refractivity contribution >= 4 is 11.8 Å². The van der Waals surface area contributed by atoms with Gasteiger partial charge in [0.15, 0.2) is 0 Å². The van der Waals surface area contributed by atoms with Crippen LogP contribution in [0, 0.1) is 0 Å². The molecule has 6 heteroatoms. The van der Waals surface area contributed by atoms with E-state index < -0.39 is 6.04 Å². The van der Waals surface area contributed by atoms with E-state index in [9.17, 15) is 9.59 Å². The molecule has 0 bridgehead atoms. The lowest BCUT2D eigenvalue weighted by Crippen LogP contribution is -2.60. The van der Waals surface area contributed by atoms with Gasteiger partial charge in [0.1, 0.15) is 6.04 Å². The molecule has 2 aliphatic rings. The molecular formula is C16H29N3O3. The number of carbonyl (C=O) groups is 2. The second kappa shape index (κ2) is 7.92. The Labute approximate surface area is 132 Å². The highest BCUT2D eigenvalue weighted by Crippen LogP contribution is 2.33. The smallest absolute Gasteiger partial charge is 0.242 e. The third-order valence-electron chi connectivity index (χ3n) is 4.87. The van der Waals surface area contributed by atoms with E-state index in [2.05, 4.69) is 15.5 Å². The van der Waals surface area contributed by atoms with Crippen molar-refractivity contribution in [2.45, 2.75) is 57.5 Å².